The van der Waals surface area contributed by atoms with E-state index in [2.05, 4.69) is 15.0 Å². The molecule has 0 aromatic carbocycles. The molecule has 7 nitrogen and oxygen atoms in total. The van der Waals surface area contributed by atoms with Gasteiger partial charge in [-0.15, -0.1) is 0 Å². The summed E-state index contributed by atoms with van der Waals surface area (Å²) in [6.45, 7) is 5.40. The zero-order valence-electron chi connectivity index (χ0n) is 12.2. The first-order valence-corrected chi connectivity index (χ1v) is 7.25. The third kappa shape index (κ3) is 1.91. The summed E-state index contributed by atoms with van der Waals surface area (Å²) in [5.74, 6) is 0.304. The molecule has 2 aromatic heterocycles. The van der Waals surface area contributed by atoms with Crippen molar-refractivity contribution in [2.24, 2.45) is 5.92 Å². The predicted octanol–water partition coefficient (Wildman–Crippen LogP) is 1.34. The number of rotatable bonds is 2. The molecule has 2 aromatic rings. The maximum atomic E-state index is 6.27. The number of anilines is 1. The summed E-state index contributed by atoms with van der Waals surface area (Å²) in [5, 5.41) is 0. The molecule has 3 heterocycles. The van der Waals surface area contributed by atoms with Crippen molar-refractivity contribution in [3.8, 4) is 0 Å². The van der Waals surface area contributed by atoms with Gasteiger partial charge in [0.2, 0.25) is 0 Å². The van der Waals surface area contributed by atoms with Crippen LogP contribution in [0.15, 0.2) is 12.7 Å². The second-order valence-corrected chi connectivity index (χ2v) is 6.42. The summed E-state index contributed by atoms with van der Waals surface area (Å²) in [4.78, 5) is 12.6. The van der Waals surface area contributed by atoms with E-state index in [4.69, 9.17) is 15.2 Å². The molecule has 21 heavy (non-hydrogen) atoms. The van der Waals surface area contributed by atoms with E-state index in [9.17, 15) is 0 Å². The molecule has 0 unspecified atom stereocenters. The van der Waals surface area contributed by atoms with Gasteiger partial charge >= 0.3 is 0 Å². The van der Waals surface area contributed by atoms with E-state index >= 15 is 0 Å². The van der Waals surface area contributed by atoms with Crippen LogP contribution in [-0.2, 0) is 16.0 Å². The molecule has 112 valence electrons. The van der Waals surface area contributed by atoms with Crippen molar-refractivity contribution in [1.82, 2.24) is 19.5 Å². The highest BCUT2D eigenvalue weighted by atomic mass is 16.7. The average Bonchev–Trinajstić information content (AvgIpc) is 2.80. The fraction of sp³-hybridized carbons (Fsp3) is 0.643. The van der Waals surface area contributed by atoms with E-state index < -0.39 is 5.79 Å². The number of hydrogen-bond donors (Lipinski definition) is 1. The highest BCUT2D eigenvalue weighted by molar-refractivity contribution is 5.81. The molecule has 0 spiro atoms. The van der Waals surface area contributed by atoms with Gasteiger partial charge in [-0.1, -0.05) is 0 Å². The van der Waals surface area contributed by atoms with E-state index in [0.29, 0.717) is 17.3 Å². The molecular formula is C14H19N5O2. The molecule has 7 heteroatoms. The fourth-order valence-electron chi connectivity index (χ4n) is 3.40. The first-order chi connectivity index (χ1) is 9.99. The van der Waals surface area contributed by atoms with Crippen LogP contribution in [0.25, 0.3) is 11.2 Å². The maximum absolute atomic E-state index is 6.27. The van der Waals surface area contributed by atoms with Crippen molar-refractivity contribution in [2.45, 2.75) is 44.6 Å². The number of nitrogens with zero attached hydrogens (tertiary/aromatic N) is 4. The minimum atomic E-state index is -0.540. The maximum Gasteiger partial charge on any atom is 0.165 e. The number of nitrogens with two attached hydrogens (primary N) is 1. The second kappa shape index (κ2) is 4.14. The lowest BCUT2D eigenvalue weighted by Gasteiger charge is -2.56. The van der Waals surface area contributed by atoms with Crippen LogP contribution in [0.3, 0.4) is 0 Å². The Morgan fingerprint density at radius 3 is 3.00 bits per heavy atom. The number of ether oxygens (including phenoxy) is 2. The van der Waals surface area contributed by atoms with Crippen molar-refractivity contribution >= 4 is 17.0 Å². The van der Waals surface area contributed by atoms with Crippen molar-refractivity contribution in [3.63, 3.8) is 0 Å². The summed E-state index contributed by atoms with van der Waals surface area (Å²) in [6.07, 6.45) is 5.41. The largest absolute Gasteiger partial charge is 0.382 e. The Morgan fingerprint density at radius 2 is 2.24 bits per heavy atom. The molecular weight excluding hydrogens is 270 g/mol. The Hall–Kier alpha value is -1.73. The first kappa shape index (κ1) is 13.0. The average molecular weight is 289 g/mol. The Balaban J connectivity index is 1.69. The van der Waals surface area contributed by atoms with Crippen LogP contribution < -0.4 is 5.73 Å². The number of nitrogen functional groups attached to an aromatic ring is 1. The summed E-state index contributed by atoms with van der Waals surface area (Å²) in [6, 6.07) is 0. The van der Waals surface area contributed by atoms with Crippen molar-refractivity contribution < 1.29 is 9.47 Å². The molecule has 2 aliphatic rings. The van der Waals surface area contributed by atoms with Crippen LogP contribution in [0.5, 0.6) is 0 Å². The zero-order chi connectivity index (χ0) is 14.7. The molecule has 1 aliphatic heterocycles. The first-order valence-electron chi connectivity index (χ1n) is 7.25. The van der Waals surface area contributed by atoms with Gasteiger partial charge in [0, 0.05) is 5.92 Å². The lowest BCUT2D eigenvalue weighted by molar-refractivity contribution is -0.361. The standard InChI is InChI=1S/C14H19N5O2/c1-13(2)20-5-9-3-4-14(9,21-13)6-19-8-18-10-11(15)16-7-17-12(10)19/h7-9H,3-6H2,1-2H3,(H2,15,16,17)/t9-,14-/m0/s1. The Labute approximate surface area is 122 Å². The number of imidazole rings is 1. The van der Waals surface area contributed by atoms with Crippen molar-refractivity contribution in [2.75, 3.05) is 12.3 Å². The van der Waals surface area contributed by atoms with Gasteiger partial charge in [-0.3, -0.25) is 0 Å². The van der Waals surface area contributed by atoms with Crippen LogP contribution in [-0.4, -0.2) is 37.5 Å². The molecule has 0 radical (unpaired) electrons. The van der Waals surface area contributed by atoms with Gasteiger partial charge in [0.1, 0.15) is 11.8 Å². The molecule has 1 saturated carbocycles. The van der Waals surface area contributed by atoms with E-state index in [1.54, 1.807) is 6.33 Å². The predicted molar refractivity (Wildman–Crippen MR) is 76.3 cm³/mol. The lowest BCUT2D eigenvalue weighted by Crippen LogP contribution is -2.62. The third-order valence-electron chi connectivity index (χ3n) is 4.61. The van der Waals surface area contributed by atoms with Crippen LogP contribution in [0, 0.1) is 5.92 Å². The van der Waals surface area contributed by atoms with E-state index in [1.807, 2.05) is 18.4 Å². The summed E-state index contributed by atoms with van der Waals surface area (Å²) < 4.78 is 14.0. The summed E-state index contributed by atoms with van der Waals surface area (Å²) in [7, 11) is 0. The molecule has 2 fully saturated rings. The van der Waals surface area contributed by atoms with Crippen molar-refractivity contribution in [3.05, 3.63) is 12.7 Å². The third-order valence-corrected chi connectivity index (χ3v) is 4.61. The smallest absolute Gasteiger partial charge is 0.165 e. The van der Waals surface area contributed by atoms with Crippen LogP contribution >= 0.6 is 0 Å². The molecule has 2 atom stereocenters. The molecule has 4 rings (SSSR count). The van der Waals surface area contributed by atoms with Gasteiger partial charge in [-0.05, 0) is 26.7 Å². The monoisotopic (exact) mass is 289 g/mol. The molecule has 0 amide bonds. The highest BCUT2D eigenvalue weighted by Crippen LogP contribution is 2.49. The fourth-order valence-corrected chi connectivity index (χ4v) is 3.40. The van der Waals surface area contributed by atoms with Crippen molar-refractivity contribution in [1.29, 1.82) is 0 Å². The van der Waals surface area contributed by atoms with Crippen LogP contribution in [0.2, 0.25) is 0 Å². The molecule has 1 aliphatic carbocycles. The number of hydrogen-bond acceptors (Lipinski definition) is 6. The molecule has 1 saturated heterocycles. The minimum Gasteiger partial charge on any atom is -0.382 e. The molecule has 2 N–H and O–H groups in total. The highest BCUT2D eigenvalue weighted by Gasteiger charge is 2.54. The number of fused-ring (bicyclic) bond motifs is 2. The SMILES string of the molecule is CC1(C)OC[C@@H]2CC[C@@]2(Cn2cnc3c(N)ncnc32)O1. The van der Waals surface area contributed by atoms with E-state index in [1.165, 1.54) is 6.33 Å². The Kier molecular flexibility index (Phi) is 2.56. The zero-order valence-corrected chi connectivity index (χ0v) is 12.2. The van der Waals surface area contributed by atoms with E-state index in [0.717, 1.165) is 31.6 Å². The van der Waals surface area contributed by atoms with Crippen LogP contribution in [0.1, 0.15) is 26.7 Å². The summed E-state index contributed by atoms with van der Waals surface area (Å²) in [5.41, 5.74) is 7.07. The van der Waals surface area contributed by atoms with Gasteiger partial charge in [0.25, 0.3) is 0 Å². The van der Waals surface area contributed by atoms with Gasteiger partial charge in [-0.25, -0.2) is 15.0 Å². The van der Waals surface area contributed by atoms with Crippen LogP contribution in [0.4, 0.5) is 5.82 Å². The Morgan fingerprint density at radius 1 is 1.38 bits per heavy atom. The number of aromatic nitrogens is 4. The minimum absolute atomic E-state index is 0.185. The summed E-state index contributed by atoms with van der Waals surface area (Å²) >= 11 is 0. The lowest BCUT2D eigenvalue weighted by atomic mass is 9.68. The van der Waals surface area contributed by atoms with Gasteiger partial charge in [0.15, 0.2) is 17.3 Å². The van der Waals surface area contributed by atoms with Gasteiger partial charge < -0.3 is 19.8 Å². The van der Waals surface area contributed by atoms with Gasteiger partial charge in [-0.2, -0.15) is 0 Å². The van der Waals surface area contributed by atoms with Gasteiger partial charge in [0.05, 0.1) is 25.1 Å². The second-order valence-electron chi connectivity index (χ2n) is 6.42. The quantitative estimate of drug-likeness (QED) is 0.897. The van der Waals surface area contributed by atoms with E-state index in [-0.39, 0.29) is 5.60 Å². The normalized spacial score (nSPS) is 30.9. The Bertz CT molecular complexity index is 698. The molecule has 0 bridgehead atoms. The topological polar surface area (TPSA) is 88.1 Å².